The predicted octanol–water partition coefficient (Wildman–Crippen LogP) is 1.12. The van der Waals surface area contributed by atoms with Crippen LogP contribution in [0.3, 0.4) is 0 Å². The topological polar surface area (TPSA) is 64.6 Å². The van der Waals surface area contributed by atoms with Crippen LogP contribution < -0.4 is 0 Å². The van der Waals surface area contributed by atoms with E-state index in [0.29, 0.717) is 0 Å². The first-order valence-corrected chi connectivity index (χ1v) is 16.1. The van der Waals surface area contributed by atoms with Gasteiger partial charge in [0.25, 0.3) is 0 Å². The molecule has 0 aromatic heterocycles. The number of hydrogen-bond acceptors (Lipinski definition) is 7. The van der Waals surface area contributed by atoms with E-state index in [-0.39, 0.29) is 0 Å². The van der Waals surface area contributed by atoms with Crippen LogP contribution in [-0.4, -0.2) is 85.9 Å². The molecule has 0 radical (unpaired) electrons. The Labute approximate surface area is 153 Å². The number of hydrogen-bond donors (Lipinski definition) is 0. The average molecular weight is 417 g/mol. The fraction of sp³-hybridized carbons (Fsp3) is 1.00. The van der Waals surface area contributed by atoms with E-state index in [4.69, 9.17) is 31.0 Å². The summed E-state index contributed by atoms with van der Waals surface area (Å²) in [5.74, 6) is 0. The third-order valence-electron chi connectivity index (χ3n) is 4.52. The Kier molecular flexibility index (Phi) is 15.1. The second-order valence-corrected chi connectivity index (χ2v) is 17.1. The van der Waals surface area contributed by atoms with Crippen LogP contribution in [-0.2, 0) is 31.0 Å². The van der Waals surface area contributed by atoms with Crippen molar-refractivity contribution in [3.8, 4) is 0 Å². The average Bonchev–Trinajstić information content (AvgIpc) is 2.63. The van der Waals surface area contributed by atoms with Crippen molar-refractivity contribution in [1.29, 1.82) is 0 Å². The summed E-state index contributed by atoms with van der Waals surface area (Å²) in [6.45, 7) is 0. The summed E-state index contributed by atoms with van der Waals surface area (Å²) in [7, 11) is 5.55. The van der Waals surface area contributed by atoms with Crippen LogP contribution in [0.1, 0.15) is 0 Å². The van der Waals surface area contributed by atoms with E-state index in [1.165, 1.54) is 0 Å². The highest BCUT2D eigenvalue weighted by Crippen LogP contribution is 2.30. The lowest BCUT2D eigenvalue weighted by atomic mass is 10.9. The van der Waals surface area contributed by atoms with Gasteiger partial charge in [0.1, 0.15) is 0 Å². The van der Waals surface area contributed by atoms with Gasteiger partial charge in [-0.1, -0.05) is 0 Å². The van der Waals surface area contributed by atoms with Crippen molar-refractivity contribution in [1.82, 2.24) is 0 Å². The summed E-state index contributed by atoms with van der Waals surface area (Å²) in [4.78, 5) is 0. The SMILES string of the molecule is CO[SiH](CC[Si](CC[SiH](OC)OC)(CC[SiH](OC)OC)OC)OC. The van der Waals surface area contributed by atoms with Crippen molar-refractivity contribution >= 4 is 36.2 Å². The lowest BCUT2D eigenvalue weighted by Gasteiger charge is -2.32. The molecule has 0 fully saturated rings. The molecular formula is C13H36O7Si4. The zero-order chi connectivity index (χ0) is 18.4. The van der Waals surface area contributed by atoms with Gasteiger partial charge in [-0.2, -0.15) is 0 Å². The molecule has 0 aliphatic rings. The Bertz CT molecular complexity index is 249. The van der Waals surface area contributed by atoms with Gasteiger partial charge in [-0.05, 0) is 36.3 Å². The van der Waals surface area contributed by atoms with E-state index in [2.05, 4.69) is 0 Å². The molecule has 0 rings (SSSR count). The largest absolute Gasteiger partial charge is 0.420 e. The van der Waals surface area contributed by atoms with Gasteiger partial charge in [-0.25, -0.2) is 0 Å². The minimum Gasteiger partial charge on any atom is -0.420 e. The van der Waals surface area contributed by atoms with E-state index in [0.717, 1.165) is 36.3 Å². The molecule has 7 nitrogen and oxygen atoms in total. The van der Waals surface area contributed by atoms with Crippen LogP contribution in [0.15, 0.2) is 0 Å². The summed E-state index contributed by atoms with van der Waals surface area (Å²) in [6.07, 6.45) is 0. The second kappa shape index (κ2) is 14.7. The highest BCUT2D eigenvalue weighted by atomic mass is 28.4. The highest BCUT2D eigenvalue weighted by Gasteiger charge is 2.37. The molecule has 0 aliphatic heterocycles. The molecule has 0 atom stereocenters. The molecule has 0 aromatic carbocycles. The van der Waals surface area contributed by atoms with E-state index in [9.17, 15) is 0 Å². The molecule has 0 saturated carbocycles. The minimum atomic E-state index is -1.93. The zero-order valence-corrected chi connectivity index (χ0v) is 20.8. The van der Waals surface area contributed by atoms with E-state index < -0.39 is 36.2 Å². The van der Waals surface area contributed by atoms with Crippen molar-refractivity contribution < 1.29 is 31.0 Å². The number of rotatable bonds is 16. The van der Waals surface area contributed by atoms with E-state index >= 15 is 0 Å². The van der Waals surface area contributed by atoms with Gasteiger partial charge in [0, 0.05) is 49.8 Å². The van der Waals surface area contributed by atoms with Gasteiger partial charge in [0.05, 0.1) is 0 Å². The first-order valence-electron chi connectivity index (χ1n) is 8.26. The Balaban J connectivity index is 4.90. The van der Waals surface area contributed by atoms with Gasteiger partial charge >= 0.3 is 27.9 Å². The van der Waals surface area contributed by atoms with Crippen LogP contribution in [0.4, 0.5) is 0 Å². The van der Waals surface area contributed by atoms with Crippen molar-refractivity contribution in [2.75, 3.05) is 49.8 Å². The maximum absolute atomic E-state index is 6.13. The maximum atomic E-state index is 6.13. The van der Waals surface area contributed by atoms with E-state index in [1.54, 1.807) is 42.7 Å². The molecular weight excluding hydrogens is 380 g/mol. The van der Waals surface area contributed by atoms with Gasteiger partial charge < -0.3 is 31.0 Å². The van der Waals surface area contributed by atoms with Gasteiger partial charge in [-0.15, -0.1) is 0 Å². The first kappa shape index (κ1) is 24.6. The molecule has 146 valence electrons. The van der Waals surface area contributed by atoms with Crippen molar-refractivity contribution in [2.45, 2.75) is 36.3 Å². The molecule has 0 spiro atoms. The van der Waals surface area contributed by atoms with Crippen LogP contribution in [0.25, 0.3) is 0 Å². The normalized spacial score (nSPS) is 12.8. The lowest BCUT2D eigenvalue weighted by Crippen LogP contribution is -2.41. The standard InChI is InChI=1S/C13H36O7Si4/c1-14-21(15-2)8-11-24(20-7,12-9-22(16-3)17-4)13-10-23(18-5)19-6/h21-23H,8-13H2,1-7H3. The van der Waals surface area contributed by atoms with Crippen LogP contribution in [0.2, 0.25) is 36.3 Å². The quantitative estimate of drug-likeness (QED) is 0.349. The summed E-state index contributed by atoms with van der Waals surface area (Å²) in [5.41, 5.74) is 0. The molecule has 0 aromatic rings. The molecule has 11 heteroatoms. The fourth-order valence-electron chi connectivity index (χ4n) is 2.82. The van der Waals surface area contributed by atoms with Gasteiger partial charge in [-0.3, -0.25) is 0 Å². The van der Waals surface area contributed by atoms with Crippen molar-refractivity contribution in [3.05, 3.63) is 0 Å². The molecule has 0 amide bonds. The van der Waals surface area contributed by atoms with Gasteiger partial charge in [0.15, 0.2) is 8.32 Å². The molecule has 24 heavy (non-hydrogen) atoms. The summed E-state index contributed by atoms with van der Waals surface area (Å²) >= 11 is 0. The van der Waals surface area contributed by atoms with Gasteiger partial charge in [0.2, 0.25) is 0 Å². The fourth-order valence-corrected chi connectivity index (χ4v) is 15.3. The smallest absolute Gasteiger partial charge is 0.320 e. The Morgan fingerprint density at radius 2 is 0.750 bits per heavy atom. The molecule has 0 heterocycles. The maximum Gasteiger partial charge on any atom is 0.320 e. The Morgan fingerprint density at radius 3 is 0.917 bits per heavy atom. The molecule has 0 N–H and O–H groups in total. The Hall–Kier alpha value is 0.588. The molecule has 0 aliphatic carbocycles. The molecule has 0 saturated heterocycles. The van der Waals surface area contributed by atoms with Crippen molar-refractivity contribution in [2.24, 2.45) is 0 Å². The Morgan fingerprint density at radius 1 is 0.500 bits per heavy atom. The minimum absolute atomic E-state index is 0.964. The summed E-state index contributed by atoms with van der Waals surface area (Å²) < 4.78 is 39.0. The lowest BCUT2D eigenvalue weighted by molar-refractivity contribution is 0.275. The highest BCUT2D eigenvalue weighted by molar-refractivity contribution is 6.76. The van der Waals surface area contributed by atoms with Crippen LogP contribution in [0, 0.1) is 0 Å². The first-order chi connectivity index (χ1) is 11.5. The third kappa shape index (κ3) is 9.33. The molecule has 0 unspecified atom stereocenters. The summed E-state index contributed by atoms with van der Waals surface area (Å²) in [5, 5.41) is 0. The zero-order valence-electron chi connectivity index (χ0n) is 16.3. The van der Waals surface area contributed by atoms with E-state index in [1.807, 2.05) is 7.11 Å². The monoisotopic (exact) mass is 416 g/mol. The second-order valence-electron chi connectivity index (χ2n) is 5.71. The van der Waals surface area contributed by atoms with Crippen LogP contribution >= 0.6 is 0 Å². The van der Waals surface area contributed by atoms with Crippen molar-refractivity contribution in [3.63, 3.8) is 0 Å². The van der Waals surface area contributed by atoms with Crippen LogP contribution in [0.5, 0.6) is 0 Å². The summed E-state index contributed by atoms with van der Waals surface area (Å²) in [6, 6.07) is 5.99. The predicted molar refractivity (Wildman–Crippen MR) is 105 cm³/mol. The third-order valence-corrected chi connectivity index (χ3v) is 16.2. The molecule has 0 bridgehead atoms.